The number of amides is 3. The molecule has 1 N–H and O–H groups in total. The van der Waals surface area contributed by atoms with Crippen LogP contribution in [0.1, 0.15) is 29.7 Å². The Morgan fingerprint density at radius 2 is 1.92 bits per heavy atom. The van der Waals surface area contributed by atoms with E-state index in [2.05, 4.69) is 10.3 Å². The molecule has 2 heterocycles. The van der Waals surface area contributed by atoms with E-state index in [1.165, 1.54) is 11.1 Å². The molecule has 26 heavy (non-hydrogen) atoms. The van der Waals surface area contributed by atoms with Crippen LogP contribution in [0.15, 0.2) is 30.5 Å². The highest BCUT2D eigenvalue weighted by Crippen LogP contribution is 2.35. The molecule has 0 bridgehead atoms. The molecule has 1 aromatic heterocycles. The number of benzene rings is 1. The second-order valence-corrected chi connectivity index (χ2v) is 6.51. The van der Waals surface area contributed by atoms with Crippen LogP contribution < -0.4 is 10.1 Å². The van der Waals surface area contributed by atoms with Gasteiger partial charge in [-0.2, -0.15) is 0 Å². The van der Waals surface area contributed by atoms with E-state index >= 15 is 0 Å². The maximum atomic E-state index is 14.1. The topological polar surface area (TPSA) is 71.5 Å². The van der Waals surface area contributed by atoms with Crippen LogP contribution in [0.5, 0.6) is 11.6 Å². The highest BCUT2D eigenvalue weighted by molar-refractivity contribution is 5.98. The number of nitrogens with one attached hydrogen (secondary N) is 1. The van der Waals surface area contributed by atoms with Crippen molar-refractivity contribution in [2.45, 2.75) is 26.8 Å². The average molecular weight is 357 g/mol. The number of nitrogens with zero attached hydrogens (tertiary/aromatic N) is 2. The molecule has 0 saturated carbocycles. The molecule has 0 spiro atoms. The van der Waals surface area contributed by atoms with Crippen LogP contribution in [-0.4, -0.2) is 28.9 Å². The summed E-state index contributed by atoms with van der Waals surface area (Å²) in [5, 5.41) is 2.33. The van der Waals surface area contributed by atoms with Crippen molar-refractivity contribution in [3.05, 3.63) is 53.0 Å². The molecular weight excluding hydrogens is 337 g/mol. The molecule has 2 atom stereocenters. The molecule has 3 amide bonds. The summed E-state index contributed by atoms with van der Waals surface area (Å²) >= 11 is 0. The fourth-order valence-corrected chi connectivity index (χ4v) is 3.13. The smallest absolute Gasteiger partial charge is 0.324 e. The Kier molecular flexibility index (Phi) is 4.63. The third kappa shape index (κ3) is 3.12. The van der Waals surface area contributed by atoms with Crippen molar-refractivity contribution in [3.8, 4) is 11.6 Å². The third-order valence-electron chi connectivity index (χ3n) is 4.68. The van der Waals surface area contributed by atoms with Crippen LogP contribution in [0.4, 0.5) is 9.18 Å². The fraction of sp³-hybridized carbons (Fsp3) is 0.316. The highest BCUT2D eigenvalue weighted by Gasteiger charge is 2.38. The fourth-order valence-electron chi connectivity index (χ4n) is 3.13. The Hall–Kier alpha value is -2.96. The van der Waals surface area contributed by atoms with Crippen molar-refractivity contribution >= 4 is 11.9 Å². The summed E-state index contributed by atoms with van der Waals surface area (Å²) in [5.41, 5.74) is 2.13. The highest BCUT2D eigenvalue weighted by atomic mass is 19.1. The number of carbonyl (C=O) groups is 2. The molecule has 1 aliphatic heterocycles. The third-order valence-corrected chi connectivity index (χ3v) is 4.68. The van der Waals surface area contributed by atoms with Gasteiger partial charge in [0.2, 0.25) is 5.91 Å². The average Bonchev–Trinajstić information content (AvgIpc) is 2.59. The lowest BCUT2D eigenvalue weighted by molar-refractivity contribution is -0.127. The minimum absolute atomic E-state index is 0.0881. The van der Waals surface area contributed by atoms with E-state index in [0.29, 0.717) is 11.3 Å². The lowest BCUT2D eigenvalue weighted by Gasteiger charge is -2.37. The first kappa shape index (κ1) is 17.8. The largest absolute Gasteiger partial charge is 0.436 e. The van der Waals surface area contributed by atoms with Gasteiger partial charge in [-0.25, -0.2) is 14.2 Å². The maximum absolute atomic E-state index is 14.1. The molecule has 6 nitrogen and oxygen atoms in total. The number of hydrogen-bond donors (Lipinski definition) is 1. The summed E-state index contributed by atoms with van der Waals surface area (Å²) in [5.74, 6) is -0.847. The van der Waals surface area contributed by atoms with Crippen molar-refractivity contribution in [3.63, 3.8) is 0 Å². The van der Waals surface area contributed by atoms with Gasteiger partial charge in [-0.3, -0.25) is 10.1 Å². The van der Waals surface area contributed by atoms with Gasteiger partial charge in [-0.15, -0.1) is 0 Å². The summed E-state index contributed by atoms with van der Waals surface area (Å²) in [6.45, 7) is 5.28. The lowest BCUT2D eigenvalue weighted by atomic mass is 9.88. The van der Waals surface area contributed by atoms with Gasteiger partial charge < -0.3 is 9.64 Å². The number of imide groups is 1. The Morgan fingerprint density at radius 1 is 1.19 bits per heavy atom. The van der Waals surface area contributed by atoms with Crippen LogP contribution in [0.25, 0.3) is 0 Å². The molecule has 1 aromatic carbocycles. The predicted octanol–water partition coefficient (Wildman–Crippen LogP) is 3.49. The first-order valence-electron chi connectivity index (χ1n) is 8.26. The molecule has 136 valence electrons. The molecule has 1 aliphatic rings. The number of rotatable bonds is 3. The first-order valence-corrected chi connectivity index (χ1v) is 8.26. The van der Waals surface area contributed by atoms with Gasteiger partial charge in [0.1, 0.15) is 5.75 Å². The number of aromatic nitrogens is 1. The zero-order valence-corrected chi connectivity index (χ0v) is 15.0. The second-order valence-electron chi connectivity index (χ2n) is 6.51. The summed E-state index contributed by atoms with van der Waals surface area (Å²) in [7, 11) is 1.65. The number of hydrogen-bond acceptors (Lipinski definition) is 4. The van der Waals surface area contributed by atoms with E-state index in [-0.39, 0.29) is 23.7 Å². The maximum Gasteiger partial charge on any atom is 0.324 e. The van der Waals surface area contributed by atoms with Crippen LogP contribution in [0.2, 0.25) is 0 Å². The van der Waals surface area contributed by atoms with Gasteiger partial charge in [-0.05, 0) is 48.7 Å². The van der Waals surface area contributed by atoms with Gasteiger partial charge >= 0.3 is 6.03 Å². The number of pyridine rings is 1. The van der Waals surface area contributed by atoms with Crippen LogP contribution in [-0.2, 0) is 4.79 Å². The summed E-state index contributed by atoms with van der Waals surface area (Å²) < 4.78 is 19.6. The monoisotopic (exact) mass is 357 g/mol. The number of urea groups is 1. The Balaban J connectivity index is 1.91. The Morgan fingerprint density at radius 3 is 2.62 bits per heavy atom. The molecule has 3 rings (SSSR count). The lowest BCUT2D eigenvalue weighted by Crippen LogP contribution is -2.53. The van der Waals surface area contributed by atoms with E-state index in [1.54, 1.807) is 45.2 Å². The van der Waals surface area contributed by atoms with Gasteiger partial charge in [-0.1, -0.05) is 13.0 Å². The summed E-state index contributed by atoms with van der Waals surface area (Å²) in [4.78, 5) is 29.4. The normalized spacial score (nSPS) is 20.1. The zero-order chi connectivity index (χ0) is 19.0. The van der Waals surface area contributed by atoms with Crippen molar-refractivity contribution in [2.24, 2.45) is 5.92 Å². The second kappa shape index (κ2) is 6.74. The standard InChI is InChI=1S/C19H20FN3O3/c1-10-7-8-21-18(15(10)20)26-13-5-6-14(11(2)9-13)16-12(3)17(24)22-19(25)23(16)4/h5-9,12,16H,1-4H3,(H,22,24,25). The molecule has 0 radical (unpaired) electrons. The molecule has 7 heteroatoms. The zero-order valence-electron chi connectivity index (χ0n) is 15.0. The SMILES string of the molecule is Cc1cc(Oc2nccc(C)c2F)ccc1C1C(C)C(=O)NC(=O)N1C. The Labute approximate surface area is 151 Å². The minimum Gasteiger partial charge on any atom is -0.436 e. The van der Waals surface area contributed by atoms with Crippen LogP contribution in [0, 0.1) is 25.6 Å². The molecule has 1 fully saturated rings. The van der Waals surface area contributed by atoms with Crippen molar-refractivity contribution in [1.29, 1.82) is 0 Å². The van der Waals surface area contributed by atoms with Gasteiger partial charge in [0.05, 0.1) is 12.0 Å². The van der Waals surface area contributed by atoms with Crippen LogP contribution in [0.3, 0.4) is 0 Å². The van der Waals surface area contributed by atoms with Crippen molar-refractivity contribution < 1.29 is 18.7 Å². The van der Waals surface area contributed by atoms with Crippen molar-refractivity contribution in [2.75, 3.05) is 7.05 Å². The molecule has 0 aliphatic carbocycles. The minimum atomic E-state index is -0.503. The van der Waals surface area contributed by atoms with E-state index in [1.807, 2.05) is 6.92 Å². The van der Waals surface area contributed by atoms with Gasteiger partial charge in [0.25, 0.3) is 5.88 Å². The number of halogens is 1. The quantitative estimate of drug-likeness (QED) is 0.913. The molecule has 1 saturated heterocycles. The molecular formula is C19H20FN3O3. The van der Waals surface area contributed by atoms with Gasteiger partial charge in [0, 0.05) is 13.2 Å². The number of aryl methyl sites for hydroxylation is 2. The number of carbonyl (C=O) groups excluding carboxylic acids is 2. The predicted molar refractivity (Wildman–Crippen MR) is 93.4 cm³/mol. The summed E-state index contributed by atoms with van der Waals surface area (Å²) in [6.07, 6.45) is 1.48. The van der Waals surface area contributed by atoms with E-state index in [9.17, 15) is 14.0 Å². The van der Waals surface area contributed by atoms with E-state index in [4.69, 9.17) is 4.74 Å². The summed E-state index contributed by atoms with van der Waals surface area (Å²) in [6, 6.07) is 5.99. The van der Waals surface area contributed by atoms with Gasteiger partial charge in [0.15, 0.2) is 5.82 Å². The molecule has 2 unspecified atom stereocenters. The number of ether oxygens (including phenoxy) is 1. The Bertz CT molecular complexity index is 864. The molecule has 2 aromatic rings. The van der Waals surface area contributed by atoms with E-state index < -0.39 is 11.8 Å². The van der Waals surface area contributed by atoms with Crippen LogP contribution >= 0.6 is 0 Å². The van der Waals surface area contributed by atoms with E-state index in [0.717, 1.165) is 11.1 Å². The van der Waals surface area contributed by atoms with Crippen molar-refractivity contribution in [1.82, 2.24) is 15.2 Å². The first-order chi connectivity index (χ1) is 12.3.